The summed E-state index contributed by atoms with van der Waals surface area (Å²) in [6.07, 6.45) is 2.57. The summed E-state index contributed by atoms with van der Waals surface area (Å²) in [5, 5.41) is 9.54. The molecule has 0 radical (unpaired) electrons. The summed E-state index contributed by atoms with van der Waals surface area (Å²) >= 11 is 2.00. The maximum absolute atomic E-state index is 10.9. The van der Waals surface area contributed by atoms with Gasteiger partial charge >= 0.3 is 5.97 Å². The molecule has 110 valence electrons. The molecule has 1 fully saturated rings. The van der Waals surface area contributed by atoms with E-state index in [4.69, 9.17) is 5.11 Å². The van der Waals surface area contributed by atoms with E-state index in [9.17, 15) is 4.79 Å². The smallest absolute Gasteiger partial charge is 0.305 e. The number of rotatable bonds is 5. The highest BCUT2D eigenvalue weighted by Gasteiger charge is 2.28. The first kappa shape index (κ1) is 15.2. The van der Waals surface area contributed by atoms with E-state index in [0.29, 0.717) is 17.8 Å². The summed E-state index contributed by atoms with van der Waals surface area (Å²) in [5.41, 5.74) is 2.38. The van der Waals surface area contributed by atoms with Crippen LogP contribution in [0.15, 0.2) is 24.3 Å². The van der Waals surface area contributed by atoms with Gasteiger partial charge < -0.3 is 10.0 Å². The first-order valence-electron chi connectivity index (χ1n) is 7.24. The quantitative estimate of drug-likeness (QED) is 0.901. The molecule has 0 spiro atoms. The van der Waals surface area contributed by atoms with E-state index in [1.54, 1.807) is 0 Å². The maximum Gasteiger partial charge on any atom is 0.305 e. The Balaban J connectivity index is 2.18. The molecule has 0 aliphatic carbocycles. The van der Waals surface area contributed by atoms with E-state index in [1.165, 1.54) is 17.7 Å². The number of carboxylic acid groups (broad SMARTS) is 1. The Hall–Kier alpha value is -1.16. The Labute approximate surface area is 125 Å². The van der Waals surface area contributed by atoms with E-state index in [-0.39, 0.29) is 6.42 Å². The molecular weight excluding hydrogens is 270 g/mol. The molecule has 3 nitrogen and oxygen atoms in total. The third kappa shape index (κ3) is 3.92. The van der Waals surface area contributed by atoms with Crippen molar-refractivity contribution in [1.82, 2.24) is 0 Å². The number of thioether (sulfide) groups is 1. The first-order valence-corrected chi connectivity index (χ1v) is 8.29. The molecule has 2 atom stereocenters. The fourth-order valence-electron chi connectivity index (χ4n) is 2.76. The molecule has 0 bridgehead atoms. The van der Waals surface area contributed by atoms with Crippen molar-refractivity contribution in [2.45, 2.75) is 44.4 Å². The van der Waals surface area contributed by atoms with Crippen molar-refractivity contribution < 1.29 is 9.90 Å². The summed E-state index contributed by atoms with van der Waals surface area (Å²) in [5.74, 6) is 0.497. The van der Waals surface area contributed by atoms with Crippen LogP contribution in [-0.4, -0.2) is 34.7 Å². The number of hydrogen-bond acceptors (Lipinski definition) is 3. The molecule has 0 aromatic heterocycles. The minimum atomic E-state index is -0.724. The van der Waals surface area contributed by atoms with Gasteiger partial charge in [-0.1, -0.05) is 24.6 Å². The third-order valence-electron chi connectivity index (χ3n) is 3.90. The highest BCUT2D eigenvalue weighted by Crippen LogP contribution is 2.32. The number of anilines is 1. The lowest BCUT2D eigenvalue weighted by Gasteiger charge is -2.39. The van der Waals surface area contributed by atoms with Gasteiger partial charge in [0.15, 0.2) is 0 Å². The van der Waals surface area contributed by atoms with Crippen molar-refractivity contribution in [3.05, 3.63) is 29.8 Å². The van der Waals surface area contributed by atoms with Gasteiger partial charge in [0, 0.05) is 23.5 Å². The van der Waals surface area contributed by atoms with E-state index < -0.39 is 5.97 Å². The molecule has 1 aromatic rings. The molecular formula is C16H23NO2S. The molecule has 1 saturated heterocycles. The Morgan fingerprint density at radius 3 is 2.70 bits per heavy atom. The molecule has 20 heavy (non-hydrogen) atoms. The van der Waals surface area contributed by atoms with Crippen LogP contribution in [0.25, 0.3) is 0 Å². The number of aryl methyl sites for hydroxylation is 1. The summed E-state index contributed by atoms with van der Waals surface area (Å²) in [4.78, 5) is 13.2. The minimum Gasteiger partial charge on any atom is -0.481 e. The number of benzene rings is 1. The minimum absolute atomic E-state index is 0.196. The lowest BCUT2D eigenvalue weighted by Crippen LogP contribution is -2.44. The normalized spacial score (nSPS) is 22.5. The van der Waals surface area contributed by atoms with Gasteiger partial charge in [-0.2, -0.15) is 11.8 Å². The molecule has 0 saturated carbocycles. The molecule has 1 aliphatic heterocycles. The van der Waals surface area contributed by atoms with Gasteiger partial charge in [0.05, 0.1) is 6.42 Å². The lowest BCUT2D eigenvalue weighted by molar-refractivity contribution is -0.136. The molecule has 1 heterocycles. The van der Waals surface area contributed by atoms with E-state index >= 15 is 0 Å². The molecule has 1 aliphatic rings. The van der Waals surface area contributed by atoms with Crippen LogP contribution in [0, 0.1) is 6.92 Å². The van der Waals surface area contributed by atoms with Crippen LogP contribution in [0.2, 0.25) is 0 Å². The SMILES string of the molecule is Cc1ccc(N(CCC(=O)O)C2CCCSC2C)cc1. The summed E-state index contributed by atoms with van der Waals surface area (Å²) < 4.78 is 0. The number of carbonyl (C=O) groups is 1. The van der Waals surface area contributed by atoms with Gasteiger partial charge in [0.1, 0.15) is 0 Å². The second-order valence-corrected chi connectivity index (χ2v) is 6.94. The standard InChI is InChI=1S/C16H23NO2S/c1-12-5-7-14(8-6-12)17(10-9-16(18)19)15-4-3-11-20-13(15)2/h5-8,13,15H,3-4,9-11H2,1-2H3,(H,18,19). The number of nitrogens with zero attached hydrogens (tertiary/aromatic N) is 1. The summed E-state index contributed by atoms with van der Waals surface area (Å²) in [6.45, 7) is 4.93. The van der Waals surface area contributed by atoms with Gasteiger partial charge in [0.25, 0.3) is 0 Å². The van der Waals surface area contributed by atoms with Crippen LogP contribution in [0.4, 0.5) is 5.69 Å². The Morgan fingerprint density at radius 2 is 2.10 bits per heavy atom. The first-order chi connectivity index (χ1) is 9.58. The molecule has 0 amide bonds. The van der Waals surface area contributed by atoms with Crippen molar-refractivity contribution in [2.75, 3.05) is 17.2 Å². The molecule has 4 heteroatoms. The number of carboxylic acids is 1. The zero-order chi connectivity index (χ0) is 14.5. The Kier molecular flexibility index (Phi) is 5.35. The predicted molar refractivity (Wildman–Crippen MR) is 85.7 cm³/mol. The molecule has 2 unspecified atom stereocenters. The van der Waals surface area contributed by atoms with Gasteiger partial charge in [-0.15, -0.1) is 0 Å². The lowest BCUT2D eigenvalue weighted by atomic mass is 10.0. The topological polar surface area (TPSA) is 40.5 Å². The Bertz CT molecular complexity index is 446. The van der Waals surface area contributed by atoms with Crippen LogP contribution in [0.5, 0.6) is 0 Å². The van der Waals surface area contributed by atoms with Gasteiger partial charge in [-0.25, -0.2) is 0 Å². The average Bonchev–Trinajstić information content (AvgIpc) is 2.42. The van der Waals surface area contributed by atoms with Crippen molar-refractivity contribution in [3.8, 4) is 0 Å². The predicted octanol–water partition coefficient (Wildman–Crippen LogP) is 3.56. The molecule has 1 aromatic carbocycles. The zero-order valence-corrected chi connectivity index (χ0v) is 13.0. The van der Waals surface area contributed by atoms with Gasteiger partial charge in [-0.3, -0.25) is 4.79 Å². The number of hydrogen-bond donors (Lipinski definition) is 1. The van der Waals surface area contributed by atoms with Crippen LogP contribution in [0.3, 0.4) is 0 Å². The summed E-state index contributed by atoms with van der Waals surface area (Å²) in [7, 11) is 0. The monoisotopic (exact) mass is 293 g/mol. The average molecular weight is 293 g/mol. The number of aliphatic carboxylic acids is 1. The fraction of sp³-hybridized carbons (Fsp3) is 0.562. The van der Waals surface area contributed by atoms with Crippen molar-refractivity contribution in [2.24, 2.45) is 0 Å². The van der Waals surface area contributed by atoms with E-state index in [2.05, 4.69) is 43.0 Å². The third-order valence-corrected chi connectivity index (χ3v) is 5.26. The zero-order valence-electron chi connectivity index (χ0n) is 12.2. The Morgan fingerprint density at radius 1 is 1.40 bits per heavy atom. The van der Waals surface area contributed by atoms with Crippen molar-refractivity contribution >= 4 is 23.4 Å². The molecule has 1 N–H and O–H groups in total. The van der Waals surface area contributed by atoms with E-state index in [0.717, 1.165) is 12.1 Å². The largest absolute Gasteiger partial charge is 0.481 e. The maximum atomic E-state index is 10.9. The molecule has 2 rings (SSSR count). The van der Waals surface area contributed by atoms with Crippen LogP contribution >= 0.6 is 11.8 Å². The van der Waals surface area contributed by atoms with Crippen LogP contribution < -0.4 is 4.90 Å². The van der Waals surface area contributed by atoms with Gasteiger partial charge in [-0.05, 0) is 37.7 Å². The highest BCUT2D eigenvalue weighted by atomic mass is 32.2. The van der Waals surface area contributed by atoms with Crippen molar-refractivity contribution in [3.63, 3.8) is 0 Å². The highest BCUT2D eigenvalue weighted by molar-refractivity contribution is 8.00. The second kappa shape index (κ2) is 7.02. The van der Waals surface area contributed by atoms with Crippen molar-refractivity contribution in [1.29, 1.82) is 0 Å². The second-order valence-electron chi connectivity index (χ2n) is 5.46. The van der Waals surface area contributed by atoms with Crippen LogP contribution in [-0.2, 0) is 4.79 Å². The fourth-order valence-corrected chi connectivity index (χ4v) is 3.97. The van der Waals surface area contributed by atoms with Crippen LogP contribution in [0.1, 0.15) is 31.7 Å². The summed E-state index contributed by atoms with van der Waals surface area (Å²) in [6, 6.07) is 8.87. The van der Waals surface area contributed by atoms with Gasteiger partial charge in [0.2, 0.25) is 0 Å². The van der Waals surface area contributed by atoms with E-state index in [1.807, 2.05) is 11.8 Å².